The van der Waals surface area contributed by atoms with Crippen molar-refractivity contribution in [2.24, 2.45) is 5.92 Å². The van der Waals surface area contributed by atoms with Crippen LogP contribution in [0.25, 0.3) is 0 Å². The van der Waals surface area contributed by atoms with Gasteiger partial charge in [-0.25, -0.2) is 0 Å². The van der Waals surface area contributed by atoms with Crippen molar-refractivity contribution in [1.29, 1.82) is 0 Å². The van der Waals surface area contributed by atoms with Crippen LogP contribution < -0.4 is 0 Å². The summed E-state index contributed by atoms with van der Waals surface area (Å²) < 4.78 is 0. The number of carbonyl (C=O) groups excluding carboxylic acids is 1. The number of hydrogen-bond acceptors (Lipinski definition) is 3. The van der Waals surface area contributed by atoms with Gasteiger partial charge in [0.25, 0.3) is 0 Å². The Labute approximate surface area is 140 Å². The standard InChI is InChI=1S/C19H20N2O3/c1-13-4-2-6-15(10-13)18-16(19(23)24)7-8-17(22)21(18)12-14-5-3-9-20-11-14/h2-6,9-11,16,18H,7-8,12H2,1H3,(H,23,24). The van der Waals surface area contributed by atoms with Crippen LogP contribution in [0.3, 0.4) is 0 Å². The Bertz CT molecular complexity index is 745. The number of piperidine rings is 1. The molecule has 5 heteroatoms. The van der Waals surface area contributed by atoms with E-state index >= 15 is 0 Å². The van der Waals surface area contributed by atoms with Gasteiger partial charge in [-0.3, -0.25) is 14.6 Å². The number of carboxylic acid groups (broad SMARTS) is 1. The highest BCUT2D eigenvalue weighted by molar-refractivity contribution is 5.81. The molecule has 0 bridgehead atoms. The molecule has 3 rings (SSSR count). The van der Waals surface area contributed by atoms with E-state index in [1.54, 1.807) is 17.3 Å². The Morgan fingerprint density at radius 3 is 2.83 bits per heavy atom. The van der Waals surface area contributed by atoms with E-state index in [0.29, 0.717) is 13.0 Å². The summed E-state index contributed by atoms with van der Waals surface area (Å²) in [5.41, 5.74) is 2.82. The van der Waals surface area contributed by atoms with E-state index in [1.165, 1.54) is 0 Å². The van der Waals surface area contributed by atoms with Gasteiger partial charge in [0.1, 0.15) is 0 Å². The Balaban J connectivity index is 2.00. The molecule has 5 nitrogen and oxygen atoms in total. The van der Waals surface area contributed by atoms with Gasteiger partial charge in [0.15, 0.2) is 0 Å². The molecule has 0 saturated carbocycles. The number of likely N-dealkylation sites (tertiary alicyclic amines) is 1. The van der Waals surface area contributed by atoms with E-state index in [4.69, 9.17) is 0 Å². The number of aromatic nitrogens is 1. The Morgan fingerprint density at radius 2 is 2.17 bits per heavy atom. The Hall–Kier alpha value is -2.69. The van der Waals surface area contributed by atoms with Gasteiger partial charge in [-0.15, -0.1) is 0 Å². The minimum Gasteiger partial charge on any atom is -0.481 e. The molecule has 0 radical (unpaired) electrons. The highest BCUT2D eigenvalue weighted by Crippen LogP contribution is 2.38. The molecule has 2 atom stereocenters. The molecular formula is C19H20N2O3. The van der Waals surface area contributed by atoms with Gasteiger partial charge >= 0.3 is 5.97 Å². The maximum absolute atomic E-state index is 12.5. The topological polar surface area (TPSA) is 70.5 Å². The van der Waals surface area contributed by atoms with Crippen LogP contribution in [-0.4, -0.2) is 26.9 Å². The molecule has 1 amide bonds. The number of aryl methyl sites for hydroxylation is 1. The highest BCUT2D eigenvalue weighted by atomic mass is 16.4. The first-order valence-corrected chi connectivity index (χ1v) is 8.04. The molecule has 1 aliphatic rings. The first kappa shape index (κ1) is 16.2. The van der Waals surface area contributed by atoms with Crippen LogP contribution in [0.5, 0.6) is 0 Å². The fourth-order valence-corrected chi connectivity index (χ4v) is 3.35. The third-order valence-corrected chi connectivity index (χ3v) is 4.48. The van der Waals surface area contributed by atoms with Gasteiger partial charge in [-0.1, -0.05) is 35.9 Å². The molecule has 2 unspecified atom stereocenters. The molecule has 0 spiro atoms. The molecule has 1 aliphatic heterocycles. The first-order valence-electron chi connectivity index (χ1n) is 8.04. The molecule has 1 fully saturated rings. The maximum atomic E-state index is 12.5. The van der Waals surface area contributed by atoms with E-state index in [0.717, 1.165) is 16.7 Å². The summed E-state index contributed by atoms with van der Waals surface area (Å²) >= 11 is 0. The molecule has 0 aliphatic carbocycles. The van der Waals surface area contributed by atoms with Gasteiger partial charge in [-0.2, -0.15) is 0 Å². The van der Waals surface area contributed by atoms with E-state index in [9.17, 15) is 14.7 Å². The molecule has 1 saturated heterocycles. The van der Waals surface area contributed by atoms with Crippen molar-refractivity contribution in [3.63, 3.8) is 0 Å². The summed E-state index contributed by atoms with van der Waals surface area (Å²) in [5.74, 6) is -1.46. The summed E-state index contributed by atoms with van der Waals surface area (Å²) in [7, 11) is 0. The normalized spacial score (nSPS) is 20.9. The van der Waals surface area contributed by atoms with Crippen LogP contribution in [0.15, 0.2) is 48.8 Å². The van der Waals surface area contributed by atoms with Crippen LogP contribution in [0.2, 0.25) is 0 Å². The summed E-state index contributed by atoms with van der Waals surface area (Å²) in [4.78, 5) is 30.1. The number of amides is 1. The second-order valence-electron chi connectivity index (χ2n) is 6.23. The monoisotopic (exact) mass is 324 g/mol. The van der Waals surface area contributed by atoms with Crippen molar-refractivity contribution in [2.45, 2.75) is 32.4 Å². The molecule has 124 valence electrons. The van der Waals surface area contributed by atoms with E-state index in [2.05, 4.69) is 4.98 Å². The molecule has 24 heavy (non-hydrogen) atoms. The van der Waals surface area contributed by atoms with Crippen molar-refractivity contribution < 1.29 is 14.7 Å². The summed E-state index contributed by atoms with van der Waals surface area (Å²) in [5, 5.41) is 9.66. The summed E-state index contributed by atoms with van der Waals surface area (Å²) in [6.45, 7) is 2.34. The predicted molar refractivity (Wildman–Crippen MR) is 89.1 cm³/mol. The van der Waals surface area contributed by atoms with Crippen molar-refractivity contribution in [2.75, 3.05) is 0 Å². The predicted octanol–water partition coefficient (Wildman–Crippen LogP) is 2.95. The van der Waals surface area contributed by atoms with E-state index in [-0.39, 0.29) is 12.3 Å². The van der Waals surface area contributed by atoms with Crippen LogP contribution >= 0.6 is 0 Å². The Kier molecular flexibility index (Phi) is 4.60. The zero-order chi connectivity index (χ0) is 17.1. The van der Waals surface area contributed by atoms with Crippen LogP contribution in [-0.2, 0) is 16.1 Å². The number of benzene rings is 1. The number of hydrogen-bond donors (Lipinski definition) is 1. The second kappa shape index (κ2) is 6.83. The molecule has 1 aromatic heterocycles. The van der Waals surface area contributed by atoms with E-state index in [1.807, 2.05) is 43.3 Å². The smallest absolute Gasteiger partial charge is 0.308 e. The lowest BCUT2D eigenvalue weighted by atomic mass is 9.83. The number of nitrogens with zero attached hydrogens (tertiary/aromatic N) is 2. The summed E-state index contributed by atoms with van der Waals surface area (Å²) in [6, 6.07) is 11.0. The van der Waals surface area contributed by atoms with Crippen LogP contribution in [0.1, 0.15) is 35.6 Å². The quantitative estimate of drug-likeness (QED) is 0.938. The lowest BCUT2D eigenvalue weighted by molar-refractivity contribution is -0.152. The lowest BCUT2D eigenvalue weighted by Gasteiger charge is -2.40. The average Bonchev–Trinajstić information content (AvgIpc) is 2.57. The molecule has 1 aromatic carbocycles. The molecule has 1 N–H and O–H groups in total. The minimum absolute atomic E-state index is 0.0112. The van der Waals surface area contributed by atoms with Crippen molar-refractivity contribution in [1.82, 2.24) is 9.88 Å². The summed E-state index contributed by atoms with van der Waals surface area (Å²) in [6.07, 6.45) is 4.03. The van der Waals surface area contributed by atoms with Gasteiger partial charge < -0.3 is 10.0 Å². The zero-order valence-electron chi connectivity index (χ0n) is 13.6. The van der Waals surface area contributed by atoms with Crippen molar-refractivity contribution >= 4 is 11.9 Å². The number of aliphatic carboxylic acids is 1. The third kappa shape index (κ3) is 3.30. The highest BCUT2D eigenvalue weighted by Gasteiger charge is 2.40. The number of rotatable bonds is 4. The van der Waals surface area contributed by atoms with Crippen LogP contribution in [0, 0.1) is 12.8 Å². The van der Waals surface area contributed by atoms with Crippen molar-refractivity contribution in [3.8, 4) is 0 Å². The van der Waals surface area contributed by atoms with Gasteiger partial charge in [0.2, 0.25) is 5.91 Å². The zero-order valence-corrected chi connectivity index (χ0v) is 13.6. The number of pyridine rings is 1. The van der Waals surface area contributed by atoms with Gasteiger partial charge in [0.05, 0.1) is 12.0 Å². The van der Waals surface area contributed by atoms with E-state index < -0.39 is 17.9 Å². The fraction of sp³-hybridized carbons (Fsp3) is 0.316. The number of carbonyl (C=O) groups is 2. The SMILES string of the molecule is Cc1cccc(C2C(C(=O)O)CCC(=O)N2Cc2cccnc2)c1. The molecule has 2 aromatic rings. The number of carboxylic acids is 1. The largest absolute Gasteiger partial charge is 0.481 e. The van der Waals surface area contributed by atoms with Gasteiger partial charge in [-0.05, 0) is 30.5 Å². The maximum Gasteiger partial charge on any atom is 0.308 e. The van der Waals surface area contributed by atoms with Gasteiger partial charge in [0, 0.05) is 25.4 Å². The third-order valence-electron chi connectivity index (χ3n) is 4.48. The fourth-order valence-electron chi connectivity index (χ4n) is 3.35. The molecular weight excluding hydrogens is 304 g/mol. The first-order chi connectivity index (χ1) is 11.6. The Morgan fingerprint density at radius 1 is 1.33 bits per heavy atom. The van der Waals surface area contributed by atoms with Crippen molar-refractivity contribution in [3.05, 3.63) is 65.5 Å². The molecule has 2 heterocycles. The second-order valence-corrected chi connectivity index (χ2v) is 6.23. The van der Waals surface area contributed by atoms with Crippen LogP contribution in [0.4, 0.5) is 0 Å². The average molecular weight is 324 g/mol. The lowest BCUT2D eigenvalue weighted by Crippen LogP contribution is -2.44. The minimum atomic E-state index is -0.856.